The second-order valence-corrected chi connectivity index (χ2v) is 11.0. The van der Waals surface area contributed by atoms with Crippen LogP contribution in [0.5, 0.6) is 0 Å². The molecule has 8 nitrogen and oxygen atoms in total. The number of sulfonamides is 1. The molecule has 0 aliphatic carbocycles. The first-order chi connectivity index (χ1) is 15.8. The number of thiophene rings is 1. The van der Waals surface area contributed by atoms with Gasteiger partial charge >= 0.3 is 0 Å². The molecular weight excluding hydrogens is 462 g/mol. The molecule has 33 heavy (non-hydrogen) atoms. The third-order valence-corrected chi connectivity index (χ3v) is 9.13. The van der Waals surface area contributed by atoms with Crippen molar-refractivity contribution in [2.45, 2.75) is 31.1 Å². The Bertz CT molecular complexity index is 1290. The van der Waals surface area contributed by atoms with Crippen LogP contribution in [-0.2, 0) is 21.2 Å². The standard InChI is InChI=1S/C23H25N3O5S2/c1-16-6-7-19(26(28)29)14-22(16)33(30,31)25-12-9-17(10-13-25)23(27)24-11-8-18-15-32-21-5-3-2-4-20(18)21/h2-7,14-15,17H,8-13H2,1H3,(H,24,27). The number of rotatable bonds is 7. The highest BCUT2D eigenvalue weighted by atomic mass is 32.2. The first-order valence-corrected chi connectivity index (χ1v) is 13.1. The zero-order chi connectivity index (χ0) is 23.6. The zero-order valence-electron chi connectivity index (χ0n) is 18.2. The molecule has 10 heteroatoms. The van der Waals surface area contributed by atoms with Crippen molar-refractivity contribution >= 4 is 43.0 Å². The van der Waals surface area contributed by atoms with Crippen molar-refractivity contribution in [1.82, 2.24) is 9.62 Å². The van der Waals surface area contributed by atoms with E-state index in [-0.39, 0.29) is 35.5 Å². The Hall–Kier alpha value is -2.82. The number of fused-ring (bicyclic) bond motifs is 1. The van der Waals surface area contributed by atoms with Crippen LogP contribution in [0.25, 0.3) is 10.1 Å². The molecule has 0 saturated carbocycles. The Labute approximate surface area is 196 Å². The van der Waals surface area contributed by atoms with Gasteiger partial charge in [0.05, 0.1) is 9.82 Å². The molecule has 0 atom stereocenters. The van der Waals surface area contributed by atoms with Gasteiger partial charge in [0.2, 0.25) is 15.9 Å². The Kier molecular flexibility index (Phi) is 6.78. The summed E-state index contributed by atoms with van der Waals surface area (Å²) in [5, 5.41) is 17.4. The summed E-state index contributed by atoms with van der Waals surface area (Å²) in [6.07, 6.45) is 1.58. The zero-order valence-corrected chi connectivity index (χ0v) is 19.8. The van der Waals surface area contributed by atoms with Crippen LogP contribution >= 0.6 is 11.3 Å². The van der Waals surface area contributed by atoms with Crippen molar-refractivity contribution in [3.8, 4) is 0 Å². The second-order valence-electron chi connectivity index (χ2n) is 8.18. The number of benzene rings is 2. The molecule has 174 valence electrons. The highest BCUT2D eigenvalue weighted by Gasteiger charge is 2.33. The van der Waals surface area contributed by atoms with Gasteiger partial charge in [0.25, 0.3) is 5.69 Å². The van der Waals surface area contributed by atoms with E-state index in [9.17, 15) is 23.3 Å². The minimum absolute atomic E-state index is 0.0532. The summed E-state index contributed by atoms with van der Waals surface area (Å²) in [7, 11) is -3.87. The van der Waals surface area contributed by atoms with Gasteiger partial charge in [-0.3, -0.25) is 14.9 Å². The molecule has 2 aromatic carbocycles. The maximum atomic E-state index is 13.1. The van der Waals surface area contributed by atoms with Crippen molar-refractivity contribution in [2.24, 2.45) is 5.92 Å². The van der Waals surface area contributed by atoms with E-state index >= 15 is 0 Å². The van der Waals surface area contributed by atoms with Gasteiger partial charge in [-0.05, 0) is 54.1 Å². The van der Waals surface area contributed by atoms with Gasteiger partial charge in [0.1, 0.15) is 0 Å². The summed E-state index contributed by atoms with van der Waals surface area (Å²) in [4.78, 5) is 23.0. The summed E-state index contributed by atoms with van der Waals surface area (Å²) in [5.74, 6) is -0.306. The van der Waals surface area contributed by atoms with Gasteiger partial charge in [-0.2, -0.15) is 4.31 Å². The number of amides is 1. The first kappa shape index (κ1) is 23.3. The van der Waals surface area contributed by atoms with E-state index < -0.39 is 14.9 Å². The molecule has 1 amide bonds. The lowest BCUT2D eigenvalue weighted by Gasteiger charge is -2.30. The summed E-state index contributed by atoms with van der Waals surface area (Å²) < 4.78 is 28.7. The number of hydrogen-bond donors (Lipinski definition) is 1. The third kappa shape index (κ3) is 4.92. The van der Waals surface area contributed by atoms with Crippen LogP contribution in [0.2, 0.25) is 0 Å². The highest BCUT2D eigenvalue weighted by molar-refractivity contribution is 7.89. The van der Waals surface area contributed by atoms with Gasteiger partial charge in [-0.1, -0.05) is 24.3 Å². The first-order valence-electron chi connectivity index (χ1n) is 10.8. The molecule has 4 rings (SSSR count). The predicted octanol–water partition coefficient (Wildman–Crippen LogP) is 3.88. The van der Waals surface area contributed by atoms with Crippen molar-refractivity contribution in [3.05, 3.63) is 69.1 Å². The van der Waals surface area contributed by atoms with Crippen LogP contribution < -0.4 is 5.32 Å². The molecule has 1 N–H and O–H groups in total. The normalized spacial score (nSPS) is 15.5. The molecule has 0 bridgehead atoms. The third-order valence-electron chi connectivity index (χ3n) is 6.08. The van der Waals surface area contributed by atoms with E-state index in [2.05, 4.69) is 22.8 Å². The van der Waals surface area contributed by atoms with Crippen molar-refractivity contribution < 1.29 is 18.1 Å². The minimum atomic E-state index is -3.87. The van der Waals surface area contributed by atoms with Gasteiger partial charge in [0, 0.05) is 42.4 Å². The number of carbonyl (C=O) groups is 1. The minimum Gasteiger partial charge on any atom is -0.356 e. The summed E-state index contributed by atoms with van der Waals surface area (Å²) in [6.45, 7) is 2.56. The van der Waals surface area contributed by atoms with E-state index in [1.54, 1.807) is 18.3 Å². The van der Waals surface area contributed by atoms with Crippen molar-refractivity contribution in [3.63, 3.8) is 0 Å². The lowest BCUT2D eigenvalue weighted by atomic mass is 9.97. The lowest BCUT2D eigenvalue weighted by Crippen LogP contribution is -2.43. The number of nitro benzene ring substituents is 1. The van der Waals surface area contributed by atoms with Crippen molar-refractivity contribution in [1.29, 1.82) is 0 Å². The van der Waals surface area contributed by atoms with Gasteiger partial charge in [-0.15, -0.1) is 11.3 Å². The fourth-order valence-corrected chi connectivity index (χ4v) is 6.88. The summed E-state index contributed by atoms with van der Waals surface area (Å²) in [5.41, 5.74) is 1.41. The molecule has 1 aromatic heterocycles. The number of nitro groups is 1. The van der Waals surface area contributed by atoms with E-state index in [0.29, 0.717) is 24.9 Å². The summed E-state index contributed by atoms with van der Waals surface area (Å²) in [6, 6.07) is 12.0. The Morgan fingerprint density at radius 2 is 1.94 bits per heavy atom. The quantitative estimate of drug-likeness (QED) is 0.402. The Balaban J connectivity index is 1.33. The number of piperidine rings is 1. The van der Waals surface area contributed by atoms with Crippen LogP contribution in [-0.4, -0.2) is 43.2 Å². The number of nitrogens with zero attached hydrogens (tertiary/aromatic N) is 2. The molecule has 1 saturated heterocycles. The van der Waals surface area contributed by atoms with Gasteiger partial charge < -0.3 is 5.32 Å². The molecule has 1 fully saturated rings. The van der Waals surface area contributed by atoms with Crippen molar-refractivity contribution in [2.75, 3.05) is 19.6 Å². The molecular formula is C23H25N3O5S2. The largest absolute Gasteiger partial charge is 0.356 e. The molecule has 3 aromatic rings. The van der Waals surface area contributed by atoms with E-state index in [1.165, 1.54) is 32.1 Å². The van der Waals surface area contributed by atoms with Gasteiger partial charge in [-0.25, -0.2) is 8.42 Å². The van der Waals surface area contributed by atoms with E-state index in [1.807, 2.05) is 12.1 Å². The maximum absolute atomic E-state index is 13.1. The number of non-ortho nitro benzene ring substituents is 1. The van der Waals surface area contributed by atoms with Crippen LogP contribution in [0.1, 0.15) is 24.0 Å². The highest BCUT2D eigenvalue weighted by Crippen LogP contribution is 2.29. The monoisotopic (exact) mass is 487 g/mol. The molecule has 0 unspecified atom stereocenters. The number of aryl methyl sites for hydroxylation is 1. The lowest BCUT2D eigenvalue weighted by molar-refractivity contribution is -0.385. The van der Waals surface area contributed by atoms with E-state index in [0.717, 1.165) is 12.5 Å². The second kappa shape index (κ2) is 9.58. The summed E-state index contributed by atoms with van der Waals surface area (Å²) >= 11 is 1.69. The SMILES string of the molecule is Cc1ccc([N+](=O)[O-])cc1S(=O)(=O)N1CCC(C(=O)NCCc2csc3ccccc23)CC1. The fraction of sp³-hybridized carbons (Fsp3) is 0.348. The van der Waals surface area contributed by atoms with Crippen LogP contribution in [0, 0.1) is 23.0 Å². The smallest absolute Gasteiger partial charge is 0.270 e. The van der Waals surface area contributed by atoms with Crippen LogP contribution in [0.4, 0.5) is 5.69 Å². The number of hydrogen-bond acceptors (Lipinski definition) is 6. The molecule has 2 heterocycles. The van der Waals surface area contributed by atoms with Crippen LogP contribution in [0.3, 0.4) is 0 Å². The average molecular weight is 488 g/mol. The molecule has 1 aliphatic heterocycles. The number of nitrogens with one attached hydrogen (secondary N) is 1. The Morgan fingerprint density at radius 3 is 2.67 bits per heavy atom. The molecule has 1 aliphatic rings. The molecule has 0 spiro atoms. The fourth-order valence-electron chi connectivity index (χ4n) is 4.17. The van der Waals surface area contributed by atoms with Gasteiger partial charge in [0.15, 0.2) is 0 Å². The average Bonchev–Trinajstić information content (AvgIpc) is 3.22. The topological polar surface area (TPSA) is 110 Å². The molecule has 0 radical (unpaired) electrons. The number of carbonyl (C=O) groups excluding carboxylic acids is 1. The maximum Gasteiger partial charge on any atom is 0.270 e. The van der Waals surface area contributed by atoms with Crippen LogP contribution in [0.15, 0.2) is 52.7 Å². The predicted molar refractivity (Wildman–Crippen MR) is 128 cm³/mol. The Morgan fingerprint density at radius 1 is 1.21 bits per heavy atom. The van der Waals surface area contributed by atoms with E-state index in [4.69, 9.17) is 0 Å².